The summed E-state index contributed by atoms with van der Waals surface area (Å²) in [6.45, 7) is 8.13. The van der Waals surface area contributed by atoms with Crippen LogP contribution >= 0.6 is 0 Å². The van der Waals surface area contributed by atoms with E-state index < -0.39 is 0 Å². The highest BCUT2D eigenvalue weighted by atomic mass is 16.5. The topological polar surface area (TPSA) is 33.3 Å². The lowest BCUT2D eigenvalue weighted by Gasteiger charge is -2.13. The van der Waals surface area contributed by atoms with Crippen molar-refractivity contribution in [2.45, 2.75) is 32.8 Å². The molecule has 0 amide bonds. The standard InChI is InChI=1S/C15H24N2O/c1-12-5-6-15(13(2)10-12)17-8-7-16-11-14-4-3-9-18-14/h5-6,10,14,16-17H,3-4,7-9,11H2,1-2H3. The quantitative estimate of drug-likeness (QED) is 0.759. The Bertz CT molecular complexity index is 373. The SMILES string of the molecule is Cc1ccc(NCCNCC2CCCO2)c(C)c1. The predicted molar refractivity (Wildman–Crippen MR) is 76.2 cm³/mol. The van der Waals surface area contributed by atoms with Gasteiger partial charge in [-0.25, -0.2) is 0 Å². The first-order valence-electron chi connectivity index (χ1n) is 6.89. The molecule has 1 fully saturated rings. The Hall–Kier alpha value is -1.06. The number of rotatable bonds is 6. The maximum absolute atomic E-state index is 5.57. The van der Waals surface area contributed by atoms with E-state index in [1.807, 2.05) is 0 Å². The Morgan fingerprint density at radius 2 is 2.17 bits per heavy atom. The summed E-state index contributed by atoms with van der Waals surface area (Å²) in [5, 5.41) is 6.90. The summed E-state index contributed by atoms with van der Waals surface area (Å²) >= 11 is 0. The van der Waals surface area contributed by atoms with Gasteiger partial charge in [-0.05, 0) is 38.3 Å². The number of aryl methyl sites for hydroxylation is 2. The number of benzene rings is 1. The summed E-state index contributed by atoms with van der Waals surface area (Å²) in [5.41, 5.74) is 3.86. The zero-order valence-corrected chi connectivity index (χ0v) is 11.5. The Balaban J connectivity index is 1.62. The Morgan fingerprint density at radius 1 is 1.28 bits per heavy atom. The van der Waals surface area contributed by atoms with Crippen LogP contribution in [0.3, 0.4) is 0 Å². The van der Waals surface area contributed by atoms with Crippen LogP contribution in [0.2, 0.25) is 0 Å². The third kappa shape index (κ3) is 4.00. The van der Waals surface area contributed by atoms with E-state index in [1.165, 1.54) is 29.7 Å². The van der Waals surface area contributed by atoms with Crippen LogP contribution in [0.15, 0.2) is 18.2 Å². The lowest BCUT2D eigenvalue weighted by Crippen LogP contribution is -2.30. The predicted octanol–water partition coefficient (Wildman–Crippen LogP) is 2.48. The van der Waals surface area contributed by atoms with Gasteiger partial charge in [0.05, 0.1) is 6.10 Å². The molecule has 18 heavy (non-hydrogen) atoms. The lowest BCUT2D eigenvalue weighted by molar-refractivity contribution is 0.110. The fraction of sp³-hybridized carbons (Fsp3) is 0.600. The van der Waals surface area contributed by atoms with Gasteiger partial charge in [0.25, 0.3) is 0 Å². The van der Waals surface area contributed by atoms with Crippen LogP contribution in [0.25, 0.3) is 0 Å². The van der Waals surface area contributed by atoms with E-state index in [0.29, 0.717) is 6.10 Å². The molecule has 1 atom stereocenters. The second kappa shape index (κ2) is 6.76. The van der Waals surface area contributed by atoms with Crippen molar-refractivity contribution < 1.29 is 4.74 Å². The third-order valence-electron chi connectivity index (χ3n) is 3.40. The van der Waals surface area contributed by atoms with Crippen molar-refractivity contribution >= 4 is 5.69 Å². The van der Waals surface area contributed by atoms with E-state index in [1.54, 1.807) is 0 Å². The normalized spacial score (nSPS) is 19.1. The molecule has 3 heteroatoms. The van der Waals surface area contributed by atoms with Gasteiger partial charge in [-0.15, -0.1) is 0 Å². The molecule has 100 valence electrons. The molecule has 2 rings (SSSR count). The van der Waals surface area contributed by atoms with Crippen LogP contribution < -0.4 is 10.6 Å². The minimum Gasteiger partial charge on any atom is -0.384 e. The average Bonchev–Trinajstić information content (AvgIpc) is 2.84. The fourth-order valence-corrected chi connectivity index (χ4v) is 2.37. The van der Waals surface area contributed by atoms with Gasteiger partial charge in [0.15, 0.2) is 0 Å². The van der Waals surface area contributed by atoms with Gasteiger partial charge in [-0.2, -0.15) is 0 Å². The van der Waals surface area contributed by atoms with Gasteiger partial charge >= 0.3 is 0 Å². The molecule has 0 aromatic heterocycles. The molecular weight excluding hydrogens is 224 g/mol. The molecule has 1 aliphatic rings. The second-order valence-electron chi connectivity index (χ2n) is 5.08. The number of hydrogen-bond donors (Lipinski definition) is 2. The summed E-state index contributed by atoms with van der Waals surface area (Å²) in [7, 11) is 0. The maximum atomic E-state index is 5.57. The van der Waals surface area contributed by atoms with Crippen molar-refractivity contribution in [1.82, 2.24) is 5.32 Å². The molecule has 1 aromatic rings. The Kier molecular flexibility index (Phi) is 5.02. The van der Waals surface area contributed by atoms with Crippen molar-refractivity contribution in [2.75, 3.05) is 31.6 Å². The maximum Gasteiger partial charge on any atom is 0.0700 e. The molecule has 1 unspecified atom stereocenters. The van der Waals surface area contributed by atoms with Gasteiger partial charge in [0, 0.05) is 31.9 Å². The minimum absolute atomic E-state index is 0.436. The molecule has 3 nitrogen and oxygen atoms in total. The Morgan fingerprint density at radius 3 is 2.89 bits per heavy atom. The molecular formula is C15H24N2O. The molecule has 0 spiro atoms. The second-order valence-corrected chi connectivity index (χ2v) is 5.08. The van der Waals surface area contributed by atoms with Gasteiger partial charge in [0.2, 0.25) is 0 Å². The van der Waals surface area contributed by atoms with E-state index in [0.717, 1.165) is 26.2 Å². The Labute approximate surface area is 110 Å². The smallest absolute Gasteiger partial charge is 0.0700 e. The summed E-state index contributed by atoms with van der Waals surface area (Å²) in [6, 6.07) is 6.52. The molecule has 2 N–H and O–H groups in total. The zero-order valence-electron chi connectivity index (χ0n) is 11.5. The first kappa shape index (κ1) is 13.4. The highest BCUT2D eigenvalue weighted by molar-refractivity contribution is 5.51. The number of anilines is 1. The van der Waals surface area contributed by atoms with Crippen molar-refractivity contribution in [3.05, 3.63) is 29.3 Å². The molecule has 1 aliphatic heterocycles. The number of hydrogen-bond acceptors (Lipinski definition) is 3. The number of ether oxygens (including phenoxy) is 1. The molecule has 0 radical (unpaired) electrons. The van der Waals surface area contributed by atoms with Crippen LogP contribution in [-0.4, -0.2) is 32.3 Å². The zero-order chi connectivity index (χ0) is 12.8. The third-order valence-corrected chi connectivity index (χ3v) is 3.40. The van der Waals surface area contributed by atoms with E-state index in [2.05, 4.69) is 42.7 Å². The van der Waals surface area contributed by atoms with Gasteiger partial charge in [0.1, 0.15) is 0 Å². The monoisotopic (exact) mass is 248 g/mol. The molecule has 1 heterocycles. The van der Waals surface area contributed by atoms with Crippen LogP contribution in [-0.2, 0) is 4.74 Å². The summed E-state index contributed by atoms with van der Waals surface area (Å²) in [5.74, 6) is 0. The molecule has 1 aromatic carbocycles. The molecule has 1 saturated heterocycles. The van der Waals surface area contributed by atoms with Gasteiger partial charge < -0.3 is 15.4 Å². The number of nitrogens with one attached hydrogen (secondary N) is 2. The minimum atomic E-state index is 0.436. The highest BCUT2D eigenvalue weighted by Crippen LogP contribution is 2.15. The lowest BCUT2D eigenvalue weighted by atomic mass is 10.1. The first-order valence-corrected chi connectivity index (χ1v) is 6.89. The van der Waals surface area contributed by atoms with Crippen molar-refractivity contribution in [2.24, 2.45) is 0 Å². The largest absolute Gasteiger partial charge is 0.384 e. The summed E-state index contributed by atoms with van der Waals surface area (Å²) < 4.78 is 5.57. The van der Waals surface area contributed by atoms with E-state index in [-0.39, 0.29) is 0 Å². The van der Waals surface area contributed by atoms with Crippen molar-refractivity contribution in [3.63, 3.8) is 0 Å². The fourth-order valence-electron chi connectivity index (χ4n) is 2.37. The van der Waals surface area contributed by atoms with Crippen LogP contribution in [0, 0.1) is 13.8 Å². The first-order chi connectivity index (χ1) is 8.75. The van der Waals surface area contributed by atoms with Crippen LogP contribution in [0.1, 0.15) is 24.0 Å². The van der Waals surface area contributed by atoms with E-state index in [4.69, 9.17) is 4.74 Å². The highest BCUT2D eigenvalue weighted by Gasteiger charge is 2.13. The molecule has 0 bridgehead atoms. The summed E-state index contributed by atoms with van der Waals surface area (Å²) in [6.07, 6.45) is 2.86. The van der Waals surface area contributed by atoms with E-state index >= 15 is 0 Å². The summed E-state index contributed by atoms with van der Waals surface area (Å²) in [4.78, 5) is 0. The van der Waals surface area contributed by atoms with E-state index in [9.17, 15) is 0 Å². The average molecular weight is 248 g/mol. The van der Waals surface area contributed by atoms with Crippen LogP contribution in [0.4, 0.5) is 5.69 Å². The van der Waals surface area contributed by atoms with Crippen molar-refractivity contribution in [3.8, 4) is 0 Å². The van der Waals surface area contributed by atoms with Crippen molar-refractivity contribution in [1.29, 1.82) is 0 Å². The van der Waals surface area contributed by atoms with Gasteiger partial charge in [-0.3, -0.25) is 0 Å². The molecule has 0 saturated carbocycles. The molecule has 0 aliphatic carbocycles. The van der Waals surface area contributed by atoms with Crippen LogP contribution in [0.5, 0.6) is 0 Å². The van der Waals surface area contributed by atoms with Gasteiger partial charge in [-0.1, -0.05) is 17.7 Å².